The first-order valence-electron chi connectivity index (χ1n) is 5.76. The summed E-state index contributed by atoms with van der Waals surface area (Å²) in [6.45, 7) is 6.10. The molecule has 0 atom stereocenters. The predicted molar refractivity (Wildman–Crippen MR) is 60.5 cm³/mol. The van der Waals surface area contributed by atoms with E-state index in [1.165, 1.54) is 24.8 Å². The lowest BCUT2D eigenvalue weighted by atomic mass is 9.78. The molecule has 0 aromatic carbocycles. The molecule has 2 nitrogen and oxygen atoms in total. The van der Waals surface area contributed by atoms with Crippen LogP contribution in [-0.2, 0) is 9.47 Å². The Morgan fingerprint density at radius 1 is 1.33 bits per heavy atom. The van der Waals surface area contributed by atoms with Crippen molar-refractivity contribution in [3.63, 3.8) is 0 Å². The second kappa shape index (κ2) is 4.50. The minimum Gasteiger partial charge on any atom is -0.347 e. The van der Waals surface area contributed by atoms with Gasteiger partial charge >= 0.3 is 0 Å². The molecule has 0 aromatic rings. The molecule has 2 heteroatoms. The minimum absolute atomic E-state index is 0.110. The maximum atomic E-state index is 5.35. The van der Waals surface area contributed by atoms with Crippen LogP contribution in [0.4, 0.5) is 0 Å². The van der Waals surface area contributed by atoms with E-state index in [1.54, 1.807) is 0 Å². The summed E-state index contributed by atoms with van der Waals surface area (Å²) >= 11 is 0. The van der Waals surface area contributed by atoms with Crippen LogP contribution in [0.2, 0.25) is 0 Å². The van der Waals surface area contributed by atoms with E-state index in [-0.39, 0.29) is 6.29 Å². The molecule has 2 aliphatic rings. The third kappa shape index (κ3) is 3.18. The van der Waals surface area contributed by atoms with Crippen molar-refractivity contribution in [3.8, 4) is 0 Å². The lowest BCUT2D eigenvalue weighted by Crippen LogP contribution is -2.14. The van der Waals surface area contributed by atoms with Crippen LogP contribution in [-0.4, -0.2) is 19.5 Å². The van der Waals surface area contributed by atoms with Gasteiger partial charge in [-0.1, -0.05) is 31.6 Å². The molecular formula is C13H20O2. The average Bonchev–Trinajstić information content (AvgIpc) is 2.69. The molecular weight excluding hydrogens is 188 g/mol. The van der Waals surface area contributed by atoms with Crippen molar-refractivity contribution in [2.24, 2.45) is 5.41 Å². The Morgan fingerprint density at radius 3 is 2.67 bits per heavy atom. The number of hydrogen-bond donors (Lipinski definition) is 0. The van der Waals surface area contributed by atoms with Crippen LogP contribution < -0.4 is 0 Å². The molecule has 0 radical (unpaired) electrons. The molecule has 1 saturated heterocycles. The number of rotatable bonds is 2. The highest BCUT2D eigenvalue weighted by Gasteiger charge is 2.20. The molecule has 1 heterocycles. The highest BCUT2D eigenvalue weighted by atomic mass is 16.7. The highest BCUT2D eigenvalue weighted by Crippen LogP contribution is 2.34. The molecule has 0 N–H and O–H groups in total. The van der Waals surface area contributed by atoms with Gasteiger partial charge < -0.3 is 9.47 Å². The summed E-state index contributed by atoms with van der Waals surface area (Å²) in [5.41, 5.74) is 1.91. The van der Waals surface area contributed by atoms with Gasteiger partial charge in [0.05, 0.1) is 13.2 Å². The fraction of sp³-hybridized carbons (Fsp3) is 0.692. The maximum absolute atomic E-state index is 5.35. The first-order chi connectivity index (χ1) is 7.16. The summed E-state index contributed by atoms with van der Waals surface area (Å²) in [6, 6.07) is 0. The second-order valence-corrected chi connectivity index (χ2v) is 5.12. The van der Waals surface area contributed by atoms with Crippen LogP contribution in [0, 0.1) is 5.41 Å². The quantitative estimate of drug-likeness (QED) is 0.694. The summed E-state index contributed by atoms with van der Waals surface area (Å²) < 4.78 is 10.7. The Bertz CT molecular complexity index is 270. The van der Waals surface area contributed by atoms with Crippen molar-refractivity contribution >= 4 is 0 Å². The van der Waals surface area contributed by atoms with Gasteiger partial charge in [0.15, 0.2) is 6.29 Å². The van der Waals surface area contributed by atoms with Crippen molar-refractivity contribution < 1.29 is 9.47 Å². The maximum Gasteiger partial charge on any atom is 0.177 e. The largest absolute Gasteiger partial charge is 0.347 e. The van der Waals surface area contributed by atoms with Crippen molar-refractivity contribution in [3.05, 3.63) is 23.8 Å². The van der Waals surface area contributed by atoms with Crippen LogP contribution in [0.5, 0.6) is 0 Å². The van der Waals surface area contributed by atoms with E-state index >= 15 is 0 Å². The first-order valence-corrected chi connectivity index (χ1v) is 5.76. The SMILES string of the molecule is CC1(C)CC=C(C=CC2OCCO2)CC1. The summed E-state index contributed by atoms with van der Waals surface area (Å²) in [6.07, 6.45) is 10.0. The molecule has 0 aromatic heterocycles. The van der Waals surface area contributed by atoms with Crippen LogP contribution in [0.1, 0.15) is 33.1 Å². The fourth-order valence-electron chi connectivity index (χ4n) is 1.94. The Balaban J connectivity index is 1.87. The van der Waals surface area contributed by atoms with E-state index in [9.17, 15) is 0 Å². The number of allylic oxidation sites excluding steroid dienone is 3. The monoisotopic (exact) mass is 208 g/mol. The van der Waals surface area contributed by atoms with Crippen LogP contribution >= 0.6 is 0 Å². The van der Waals surface area contributed by atoms with Crippen molar-refractivity contribution in [2.75, 3.05) is 13.2 Å². The van der Waals surface area contributed by atoms with E-state index in [2.05, 4.69) is 26.0 Å². The molecule has 0 saturated carbocycles. The van der Waals surface area contributed by atoms with Crippen molar-refractivity contribution in [1.29, 1.82) is 0 Å². The van der Waals surface area contributed by atoms with Gasteiger partial charge in [0.25, 0.3) is 0 Å². The van der Waals surface area contributed by atoms with E-state index in [4.69, 9.17) is 9.47 Å². The van der Waals surface area contributed by atoms with Gasteiger partial charge in [-0.2, -0.15) is 0 Å². The number of ether oxygens (including phenoxy) is 2. The van der Waals surface area contributed by atoms with Crippen molar-refractivity contribution in [2.45, 2.75) is 39.4 Å². The molecule has 0 spiro atoms. The third-order valence-electron chi connectivity index (χ3n) is 3.12. The van der Waals surface area contributed by atoms with Crippen LogP contribution in [0.3, 0.4) is 0 Å². The zero-order valence-electron chi connectivity index (χ0n) is 9.66. The first kappa shape index (κ1) is 10.9. The molecule has 2 rings (SSSR count). The van der Waals surface area contributed by atoms with Gasteiger partial charge in [-0.3, -0.25) is 0 Å². The van der Waals surface area contributed by atoms with E-state index in [1.807, 2.05) is 6.08 Å². The summed E-state index contributed by atoms with van der Waals surface area (Å²) in [5.74, 6) is 0. The molecule has 84 valence electrons. The molecule has 1 fully saturated rings. The molecule has 1 aliphatic carbocycles. The van der Waals surface area contributed by atoms with Crippen LogP contribution in [0.25, 0.3) is 0 Å². The molecule has 0 unspecified atom stereocenters. The second-order valence-electron chi connectivity index (χ2n) is 5.12. The Kier molecular flexibility index (Phi) is 3.27. The van der Waals surface area contributed by atoms with Gasteiger partial charge in [-0.05, 0) is 30.8 Å². The van der Waals surface area contributed by atoms with Gasteiger partial charge in [0, 0.05) is 0 Å². The molecule has 0 amide bonds. The van der Waals surface area contributed by atoms with E-state index in [0.717, 1.165) is 13.2 Å². The Labute approximate surface area is 92.0 Å². The van der Waals surface area contributed by atoms with Crippen molar-refractivity contribution in [1.82, 2.24) is 0 Å². The lowest BCUT2D eigenvalue weighted by Gasteiger charge is -2.27. The zero-order chi connectivity index (χ0) is 10.7. The minimum atomic E-state index is -0.110. The van der Waals surface area contributed by atoms with Gasteiger partial charge in [-0.25, -0.2) is 0 Å². The summed E-state index contributed by atoms with van der Waals surface area (Å²) in [5, 5.41) is 0. The molecule has 0 bridgehead atoms. The zero-order valence-corrected chi connectivity index (χ0v) is 9.66. The van der Waals surface area contributed by atoms with E-state index in [0.29, 0.717) is 5.41 Å². The van der Waals surface area contributed by atoms with E-state index < -0.39 is 0 Å². The third-order valence-corrected chi connectivity index (χ3v) is 3.12. The highest BCUT2D eigenvalue weighted by molar-refractivity contribution is 5.22. The summed E-state index contributed by atoms with van der Waals surface area (Å²) in [7, 11) is 0. The predicted octanol–water partition coefficient (Wildman–Crippen LogP) is 3.05. The normalized spacial score (nSPS) is 27.2. The smallest absolute Gasteiger partial charge is 0.177 e. The van der Waals surface area contributed by atoms with Crippen LogP contribution in [0.15, 0.2) is 23.8 Å². The van der Waals surface area contributed by atoms with Gasteiger partial charge in [0.2, 0.25) is 0 Å². The van der Waals surface area contributed by atoms with Gasteiger partial charge in [-0.15, -0.1) is 0 Å². The molecule has 15 heavy (non-hydrogen) atoms. The standard InChI is InChI=1S/C13H20O2/c1-13(2)7-5-11(6-8-13)3-4-12-14-9-10-15-12/h3-5,12H,6-10H2,1-2H3. The topological polar surface area (TPSA) is 18.5 Å². The fourth-order valence-corrected chi connectivity index (χ4v) is 1.94. The lowest BCUT2D eigenvalue weighted by molar-refractivity contribution is -0.00159. The number of hydrogen-bond acceptors (Lipinski definition) is 2. The Hall–Kier alpha value is -0.600. The average molecular weight is 208 g/mol. The Morgan fingerprint density at radius 2 is 2.07 bits per heavy atom. The van der Waals surface area contributed by atoms with Gasteiger partial charge in [0.1, 0.15) is 0 Å². The summed E-state index contributed by atoms with van der Waals surface area (Å²) in [4.78, 5) is 0. The molecule has 1 aliphatic heterocycles.